The Balaban J connectivity index is 0.000000209. The number of nitrogens with one attached hydrogen (secondary N) is 3. The van der Waals surface area contributed by atoms with Gasteiger partial charge in [0.25, 0.3) is 23.6 Å². The summed E-state index contributed by atoms with van der Waals surface area (Å²) < 4.78 is 31.3. The number of anilines is 3. The van der Waals surface area contributed by atoms with Crippen molar-refractivity contribution in [1.82, 2.24) is 25.1 Å². The van der Waals surface area contributed by atoms with Crippen LogP contribution >= 0.6 is 24.0 Å². The number of nitriles is 2. The molecule has 3 N–H and O–H groups in total. The van der Waals surface area contributed by atoms with Gasteiger partial charge in [-0.05, 0) is 148 Å². The second kappa shape index (κ2) is 25.6. The number of amides is 4. The summed E-state index contributed by atoms with van der Waals surface area (Å²) in [4.78, 5) is 66.2. The molecule has 4 amide bonds. The molecule has 0 bridgehead atoms. The van der Waals surface area contributed by atoms with E-state index in [1.807, 2.05) is 58.0 Å². The van der Waals surface area contributed by atoms with E-state index in [0.29, 0.717) is 61.0 Å². The predicted octanol–water partition coefficient (Wildman–Crippen LogP) is 11.1. The summed E-state index contributed by atoms with van der Waals surface area (Å²) in [5.74, 6) is -0.165. The molecule has 4 aliphatic heterocycles. The molecule has 404 valence electrons. The van der Waals surface area contributed by atoms with Crippen molar-refractivity contribution in [3.63, 3.8) is 0 Å². The molecule has 0 saturated carbocycles. The summed E-state index contributed by atoms with van der Waals surface area (Å²) in [7, 11) is 0. The third-order valence-corrected chi connectivity index (χ3v) is 15.0. The Morgan fingerprint density at radius 1 is 0.577 bits per heavy atom. The van der Waals surface area contributed by atoms with Gasteiger partial charge in [-0.3, -0.25) is 19.2 Å². The number of halogens is 4. The number of hydrogen-bond donors (Lipinski definition) is 3. The highest BCUT2D eigenvalue weighted by Crippen LogP contribution is 2.39. The first kappa shape index (κ1) is 57.9. The van der Waals surface area contributed by atoms with Crippen LogP contribution < -0.4 is 20.9 Å². The van der Waals surface area contributed by atoms with Crippen molar-refractivity contribution in [1.29, 1.82) is 10.5 Å². The fourth-order valence-electron chi connectivity index (χ4n) is 9.50. The van der Waals surface area contributed by atoms with Gasteiger partial charge in [0.05, 0.1) is 34.4 Å². The molecule has 6 heterocycles. The van der Waals surface area contributed by atoms with Crippen molar-refractivity contribution >= 4 is 64.8 Å². The van der Waals surface area contributed by atoms with Crippen LogP contribution in [0.4, 0.5) is 26.0 Å². The number of piperidine rings is 2. The Hall–Kier alpha value is -7.76. The van der Waals surface area contributed by atoms with Gasteiger partial charge >= 0.3 is 0 Å². The summed E-state index contributed by atoms with van der Waals surface area (Å²) in [6.45, 7) is 13.0. The molecule has 4 aromatic carbocycles. The molecule has 0 radical (unpaired) electrons. The number of aryl methyl sites for hydroxylation is 4. The number of alkyl halides is 2. The van der Waals surface area contributed by atoms with Gasteiger partial charge in [-0.2, -0.15) is 10.5 Å². The summed E-state index contributed by atoms with van der Waals surface area (Å²) in [6.07, 6.45) is 6.20. The van der Waals surface area contributed by atoms with E-state index in [1.165, 1.54) is 31.8 Å². The average molecular weight is 1100 g/mol. The molecule has 4 fully saturated rings. The standard InChI is InChI=1S/C30H30FN5O2.C27H24ClFN4O2.C3H7N.ClH/c1-20-16-21(2)26(34-28(37)23-6-9-27(33-19-23)35-12-3-13-35)17-25(20)29(38)36-14-10-30(31,11-15-36)24-7-4-22(18-32)5-8-24;1-17-13-18(2)23(32-25(34)20-5-8-24(28)31-16-20)14-22(17)26(35)33-11-9-27(29,10-12-33)21-6-3-19(15-30)4-7-21;1-2-4-3-1;/h4-9,16-17,19H,3,10-15H2,1-2H3,(H,34,37);3-8,13-14,16H,9-12H2,1-2H3,(H,32,34);4H,1-3H2;1H. The van der Waals surface area contributed by atoms with Crippen LogP contribution in [0.25, 0.3) is 0 Å². The second-order valence-corrected chi connectivity index (χ2v) is 20.4. The van der Waals surface area contributed by atoms with E-state index in [-0.39, 0.29) is 87.9 Å². The third kappa shape index (κ3) is 13.7. The van der Waals surface area contributed by atoms with Crippen LogP contribution in [0.15, 0.2) is 109 Å². The largest absolute Gasteiger partial charge is 0.356 e. The Morgan fingerprint density at radius 2 is 0.974 bits per heavy atom. The quantitative estimate of drug-likeness (QED) is 0.118. The van der Waals surface area contributed by atoms with Crippen LogP contribution in [0.2, 0.25) is 5.15 Å². The minimum atomic E-state index is -1.54. The van der Waals surface area contributed by atoms with Gasteiger partial charge in [-0.1, -0.05) is 48.0 Å². The maximum absolute atomic E-state index is 15.7. The summed E-state index contributed by atoms with van der Waals surface area (Å²) in [6, 6.07) is 31.0. The lowest BCUT2D eigenvalue weighted by molar-refractivity contribution is 0.0412. The molecular weight excluding hydrogens is 1030 g/mol. The molecule has 14 nitrogen and oxygen atoms in total. The topological polar surface area (TPSA) is 187 Å². The van der Waals surface area contributed by atoms with Crippen LogP contribution in [0.5, 0.6) is 0 Å². The molecule has 0 spiro atoms. The van der Waals surface area contributed by atoms with Crippen LogP contribution in [0.3, 0.4) is 0 Å². The van der Waals surface area contributed by atoms with E-state index >= 15 is 8.78 Å². The van der Waals surface area contributed by atoms with Gasteiger partial charge in [0.15, 0.2) is 0 Å². The van der Waals surface area contributed by atoms with E-state index in [9.17, 15) is 19.2 Å². The maximum atomic E-state index is 15.7. The van der Waals surface area contributed by atoms with Gasteiger partial charge in [-0.15, -0.1) is 12.4 Å². The fraction of sp³-hybridized carbons (Fsp3) is 0.333. The number of carbonyl (C=O) groups excluding carboxylic acids is 4. The summed E-state index contributed by atoms with van der Waals surface area (Å²) in [5.41, 5.74) is 5.02. The molecule has 78 heavy (non-hydrogen) atoms. The lowest BCUT2D eigenvalue weighted by Gasteiger charge is -2.37. The third-order valence-electron chi connectivity index (χ3n) is 14.7. The van der Waals surface area contributed by atoms with Crippen molar-refractivity contribution in [3.05, 3.63) is 181 Å². The number of hydrogen-bond acceptors (Lipinski definition) is 10. The average Bonchev–Trinajstić information content (AvgIpc) is 3.43. The maximum Gasteiger partial charge on any atom is 0.257 e. The van der Waals surface area contributed by atoms with Crippen LogP contribution in [0.1, 0.15) is 124 Å². The zero-order valence-electron chi connectivity index (χ0n) is 44.1. The molecule has 0 unspecified atom stereocenters. The molecular formula is C60H62Cl2F2N10O4. The second-order valence-electron chi connectivity index (χ2n) is 20.0. The first-order chi connectivity index (χ1) is 37.0. The van der Waals surface area contributed by atoms with Crippen LogP contribution in [-0.2, 0) is 11.3 Å². The van der Waals surface area contributed by atoms with E-state index in [4.69, 9.17) is 22.1 Å². The minimum absolute atomic E-state index is 0. The molecule has 4 aliphatic rings. The first-order valence-electron chi connectivity index (χ1n) is 25.8. The number of pyridine rings is 2. The normalized spacial score (nSPS) is 15.8. The van der Waals surface area contributed by atoms with Crippen LogP contribution in [0, 0.1) is 50.4 Å². The Kier molecular flexibility index (Phi) is 19.0. The summed E-state index contributed by atoms with van der Waals surface area (Å²) in [5, 5.41) is 27.1. The Morgan fingerprint density at radius 3 is 1.29 bits per heavy atom. The SMILES string of the molecule is C1CNC1.Cc1cc(C)c(C(=O)N2CCC(F)(c3ccc(C#N)cc3)CC2)cc1NC(=O)c1ccc(Cl)nc1.Cc1cc(C)c(C(=O)N2CCC(F)(c3ccc(C#N)cc3)CC2)cc1NC(=O)c1ccc(N2CCC2)nc1.Cl. The minimum Gasteiger partial charge on any atom is -0.356 e. The van der Waals surface area contributed by atoms with Crippen molar-refractivity contribution in [2.45, 2.75) is 77.6 Å². The van der Waals surface area contributed by atoms with E-state index < -0.39 is 11.3 Å². The zero-order chi connectivity index (χ0) is 54.9. The van der Waals surface area contributed by atoms with Crippen molar-refractivity contribution in [2.75, 3.05) is 67.9 Å². The highest BCUT2D eigenvalue weighted by atomic mass is 35.5. The van der Waals surface area contributed by atoms with Gasteiger partial charge in [-0.25, -0.2) is 18.7 Å². The number of aromatic nitrogens is 2. The molecule has 18 heteroatoms. The molecule has 0 aliphatic carbocycles. The zero-order valence-corrected chi connectivity index (χ0v) is 45.7. The molecule has 6 aromatic rings. The van der Waals surface area contributed by atoms with Crippen LogP contribution in [-0.4, -0.2) is 95.8 Å². The predicted molar refractivity (Wildman–Crippen MR) is 301 cm³/mol. The van der Waals surface area contributed by atoms with E-state index in [1.54, 1.807) is 88.8 Å². The van der Waals surface area contributed by atoms with Gasteiger partial charge in [0.2, 0.25) is 0 Å². The number of carbonyl (C=O) groups is 4. The summed E-state index contributed by atoms with van der Waals surface area (Å²) >= 11 is 5.79. The monoisotopic (exact) mass is 1090 g/mol. The highest BCUT2D eigenvalue weighted by molar-refractivity contribution is 6.29. The number of likely N-dealkylation sites (tertiary alicyclic amines) is 2. The number of benzene rings is 4. The molecule has 0 atom stereocenters. The molecule has 4 saturated heterocycles. The van der Waals surface area contributed by atoms with Crippen molar-refractivity contribution in [2.24, 2.45) is 0 Å². The van der Waals surface area contributed by atoms with Gasteiger partial charge < -0.3 is 30.7 Å². The number of rotatable bonds is 9. The first-order valence-corrected chi connectivity index (χ1v) is 26.2. The number of nitrogens with zero attached hydrogens (tertiary/aromatic N) is 7. The van der Waals surface area contributed by atoms with E-state index in [0.717, 1.165) is 47.6 Å². The van der Waals surface area contributed by atoms with Crippen molar-refractivity contribution in [3.8, 4) is 12.1 Å². The lowest BCUT2D eigenvalue weighted by Crippen LogP contribution is -2.43. The van der Waals surface area contributed by atoms with Crippen molar-refractivity contribution < 1.29 is 28.0 Å². The molecule has 2 aromatic heterocycles. The highest BCUT2D eigenvalue weighted by Gasteiger charge is 2.39. The Bertz CT molecular complexity index is 3210. The lowest BCUT2D eigenvalue weighted by atomic mass is 9.85. The smallest absolute Gasteiger partial charge is 0.257 e. The molecule has 10 rings (SSSR count). The van der Waals surface area contributed by atoms with Gasteiger partial charge in [0, 0.05) is 99.8 Å². The fourth-order valence-corrected chi connectivity index (χ4v) is 9.61. The van der Waals surface area contributed by atoms with E-state index in [2.05, 4.69) is 30.8 Å². The Labute approximate surface area is 465 Å². The van der Waals surface area contributed by atoms with Gasteiger partial charge in [0.1, 0.15) is 22.3 Å².